The Morgan fingerprint density at radius 1 is 1.58 bits per heavy atom. The summed E-state index contributed by atoms with van der Waals surface area (Å²) in [5.74, 6) is -0.0412. The van der Waals surface area contributed by atoms with Crippen molar-refractivity contribution in [3.8, 4) is 5.75 Å². The van der Waals surface area contributed by atoms with Gasteiger partial charge in [0.15, 0.2) is 0 Å². The van der Waals surface area contributed by atoms with E-state index in [0.29, 0.717) is 11.4 Å². The molecule has 0 unspecified atom stereocenters. The van der Waals surface area contributed by atoms with Crippen molar-refractivity contribution in [2.24, 2.45) is 0 Å². The van der Waals surface area contributed by atoms with Gasteiger partial charge in [0.2, 0.25) is 5.95 Å². The fourth-order valence-electron chi connectivity index (χ4n) is 1.15. The van der Waals surface area contributed by atoms with Gasteiger partial charge in [0, 0.05) is 12.3 Å². The minimum Gasteiger partial charge on any atom is -0.496 e. The molecule has 0 fully saturated rings. The summed E-state index contributed by atoms with van der Waals surface area (Å²) in [6.45, 7) is 0. The lowest BCUT2D eigenvalue weighted by Gasteiger charge is -1.99. The lowest BCUT2D eigenvalue weighted by molar-refractivity contribution is 0.415. The Balaban J connectivity index is 2.80. The Morgan fingerprint density at radius 2 is 2.42 bits per heavy atom. The van der Waals surface area contributed by atoms with Gasteiger partial charge in [0.1, 0.15) is 11.4 Å². The second kappa shape index (κ2) is 2.48. The first kappa shape index (κ1) is 7.09. The van der Waals surface area contributed by atoms with Crippen molar-refractivity contribution >= 4 is 11.0 Å². The quantitative estimate of drug-likeness (QED) is 0.655. The standard InChI is InChI=1S/C8H7FN2O/c1-12-6-4-7(9)11-8-5(6)2-3-10-8/h2-4H,1H3,(H,10,11). The second-order valence-electron chi connectivity index (χ2n) is 2.39. The Hall–Kier alpha value is -1.58. The summed E-state index contributed by atoms with van der Waals surface area (Å²) in [5.41, 5.74) is 0.506. The molecule has 0 spiro atoms. The van der Waals surface area contributed by atoms with Crippen molar-refractivity contribution in [3.63, 3.8) is 0 Å². The first-order chi connectivity index (χ1) is 5.81. The van der Waals surface area contributed by atoms with Crippen LogP contribution < -0.4 is 4.74 Å². The van der Waals surface area contributed by atoms with E-state index >= 15 is 0 Å². The monoisotopic (exact) mass is 166 g/mol. The molecule has 12 heavy (non-hydrogen) atoms. The summed E-state index contributed by atoms with van der Waals surface area (Å²) in [7, 11) is 1.50. The van der Waals surface area contributed by atoms with E-state index in [2.05, 4.69) is 9.97 Å². The summed E-state index contributed by atoms with van der Waals surface area (Å²) in [4.78, 5) is 6.45. The number of aromatic amines is 1. The van der Waals surface area contributed by atoms with Gasteiger partial charge in [-0.15, -0.1) is 0 Å². The molecule has 0 atom stereocenters. The predicted octanol–water partition coefficient (Wildman–Crippen LogP) is 1.71. The third-order valence-corrected chi connectivity index (χ3v) is 1.68. The fourth-order valence-corrected chi connectivity index (χ4v) is 1.15. The molecule has 2 rings (SSSR count). The van der Waals surface area contributed by atoms with Gasteiger partial charge in [-0.05, 0) is 6.07 Å². The van der Waals surface area contributed by atoms with Gasteiger partial charge in [0.25, 0.3) is 0 Å². The lowest BCUT2D eigenvalue weighted by atomic mass is 10.3. The van der Waals surface area contributed by atoms with Crippen molar-refractivity contribution in [2.45, 2.75) is 0 Å². The predicted molar refractivity (Wildman–Crippen MR) is 42.6 cm³/mol. The molecule has 2 aromatic rings. The van der Waals surface area contributed by atoms with Crippen LogP contribution in [0.1, 0.15) is 0 Å². The van der Waals surface area contributed by atoms with Crippen LogP contribution in [0.3, 0.4) is 0 Å². The molecule has 0 saturated carbocycles. The molecule has 0 saturated heterocycles. The number of nitrogens with zero attached hydrogens (tertiary/aromatic N) is 1. The van der Waals surface area contributed by atoms with E-state index in [9.17, 15) is 4.39 Å². The molecule has 2 aromatic heterocycles. The molecule has 0 aromatic carbocycles. The van der Waals surface area contributed by atoms with E-state index in [-0.39, 0.29) is 0 Å². The normalized spacial score (nSPS) is 10.5. The molecule has 0 aliphatic rings. The van der Waals surface area contributed by atoms with Gasteiger partial charge >= 0.3 is 0 Å². The van der Waals surface area contributed by atoms with Gasteiger partial charge in [0.05, 0.1) is 12.5 Å². The minimum absolute atomic E-state index is 0.499. The average molecular weight is 166 g/mol. The summed E-state index contributed by atoms with van der Waals surface area (Å²) in [5, 5.41) is 0.791. The highest BCUT2D eigenvalue weighted by Gasteiger charge is 2.05. The Labute approximate surface area is 68.2 Å². The summed E-state index contributed by atoms with van der Waals surface area (Å²) in [6, 6.07) is 3.05. The van der Waals surface area contributed by atoms with E-state index in [1.165, 1.54) is 13.2 Å². The van der Waals surface area contributed by atoms with Crippen molar-refractivity contribution in [1.29, 1.82) is 0 Å². The first-order valence-electron chi connectivity index (χ1n) is 3.49. The number of aromatic nitrogens is 2. The minimum atomic E-state index is -0.540. The van der Waals surface area contributed by atoms with Gasteiger partial charge in [-0.1, -0.05) is 0 Å². The number of methoxy groups -OCH3 is 1. The zero-order valence-electron chi connectivity index (χ0n) is 6.47. The number of hydrogen-bond donors (Lipinski definition) is 1. The van der Waals surface area contributed by atoms with E-state index in [0.717, 1.165) is 5.39 Å². The highest BCUT2D eigenvalue weighted by atomic mass is 19.1. The van der Waals surface area contributed by atoms with Crippen molar-refractivity contribution in [2.75, 3.05) is 7.11 Å². The van der Waals surface area contributed by atoms with Crippen molar-refractivity contribution in [1.82, 2.24) is 9.97 Å². The van der Waals surface area contributed by atoms with Gasteiger partial charge in [-0.2, -0.15) is 4.39 Å². The molecular formula is C8H7FN2O. The molecular weight excluding hydrogens is 159 g/mol. The van der Waals surface area contributed by atoms with Crippen LogP contribution in [-0.4, -0.2) is 17.1 Å². The topological polar surface area (TPSA) is 37.9 Å². The average Bonchev–Trinajstić information content (AvgIpc) is 2.50. The molecule has 0 amide bonds. The third kappa shape index (κ3) is 0.922. The van der Waals surface area contributed by atoms with Crippen molar-refractivity contribution < 1.29 is 9.13 Å². The van der Waals surface area contributed by atoms with E-state index < -0.39 is 5.95 Å². The van der Waals surface area contributed by atoms with Gasteiger partial charge in [-0.3, -0.25) is 0 Å². The maximum absolute atomic E-state index is 12.8. The fraction of sp³-hybridized carbons (Fsp3) is 0.125. The van der Waals surface area contributed by atoms with E-state index in [1.54, 1.807) is 12.3 Å². The maximum atomic E-state index is 12.8. The highest BCUT2D eigenvalue weighted by molar-refractivity contribution is 5.82. The molecule has 0 aliphatic carbocycles. The molecule has 1 N–H and O–H groups in total. The summed E-state index contributed by atoms with van der Waals surface area (Å²) < 4.78 is 17.7. The number of nitrogens with one attached hydrogen (secondary N) is 1. The van der Waals surface area contributed by atoms with Gasteiger partial charge in [-0.25, -0.2) is 4.98 Å². The number of pyridine rings is 1. The Bertz CT molecular complexity index is 410. The van der Waals surface area contributed by atoms with Crippen LogP contribution in [0.15, 0.2) is 18.3 Å². The molecule has 2 heterocycles. The zero-order valence-corrected chi connectivity index (χ0v) is 6.47. The third-order valence-electron chi connectivity index (χ3n) is 1.68. The number of hydrogen-bond acceptors (Lipinski definition) is 2. The highest BCUT2D eigenvalue weighted by Crippen LogP contribution is 2.23. The molecule has 3 nitrogen and oxygen atoms in total. The molecule has 0 aliphatic heterocycles. The molecule has 0 bridgehead atoms. The SMILES string of the molecule is COc1cc(F)nc2[nH]ccc12. The second-order valence-corrected chi connectivity index (χ2v) is 2.39. The number of H-pyrrole nitrogens is 1. The van der Waals surface area contributed by atoms with E-state index in [1.807, 2.05) is 0 Å². The maximum Gasteiger partial charge on any atom is 0.218 e. The largest absolute Gasteiger partial charge is 0.496 e. The summed E-state index contributed by atoms with van der Waals surface area (Å²) >= 11 is 0. The molecule has 4 heteroatoms. The Kier molecular flexibility index (Phi) is 1.46. The summed E-state index contributed by atoms with van der Waals surface area (Å²) in [6.07, 6.45) is 1.69. The number of ether oxygens (including phenoxy) is 1. The van der Waals surface area contributed by atoms with Crippen LogP contribution in [0.4, 0.5) is 4.39 Å². The smallest absolute Gasteiger partial charge is 0.218 e. The van der Waals surface area contributed by atoms with Crippen LogP contribution in [0, 0.1) is 5.95 Å². The number of rotatable bonds is 1. The van der Waals surface area contributed by atoms with Crippen LogP contribution >= 0.6 is 0 Å². The lowest BCUT2D eigenvalue weighted by Crippen LogP contribution is -1.88. The first-order valence-corrected chi connectivity index (χ1v) is 3.49. The molecule has 0 radical (unpaired) electrons. The van der Waals surface area contributed by atoms with Crippen molar-refractivity contribution in [3.05, 3.63) is 24.3 Å². The molecule has 62 valence electrons. The van der Waals surface area contributed by atoms with Crippen LogP contribution in [-0.2, 0) is 0 Å². The Morgan fingerprint density at radius 3 is 3.17 bits per heavy atom. The van der Waals surface area contributed by atoms with Crippen LogP contribution in [0.5, 0.6) is 5.75 Å². The van der Waals surface area contributed by atoms with Gasteiger partial charge < -0.3 is 9.72 Å². The van der Waals surface area contributed by atoms with E-state index in [4.69, 9.17) is 4.74 Å². The van der Waals surface area contributed by atoms with Crippen LogP contribution in [0.25, 0.3) is 11.0 Å². The van der Waals surface area contributed by atoms with Crippen LogP contribution in [0.2, 0.25) is 0 Å². The number of halogens is 1. The zero-order chi connectivity index (χ0) is 8.55. The number of fused-ring (bicyclic) bond motifs is 1.